The first-order valence-electron chi connectivity index (χ1n) is 10.8. The van der Waals surface area contributed by atoms with E-state index in [0.29, 0.717) is 0 Å². The van der Waals surface area contributed by atoms with Crippen LogP contribution in [0.25, 0.3) is 11.3 Å². The lowest BCUT2D eigenvalue weighted by molar-refractivity contribution is 0.525. The Hall–Kier alpha value is -2.35. The molecule has 2 aromatic carbocycles. The molecule has 2 nitrogen and oxygen atoms in total. The van der Waals surface area contributed by atoms with Crippen molar-refractivity contribution in [3.05, 3.63) is 70.8 Å². The summed E-state index contributed by atoms with van der Waals surface area (Å²) in [7, 11) is 0. The average Bonchev–Trinajstić information content (AvgIpc) is 2.71. The molecular weight excluding hydrogens is 340 g/mol. The maximum Gasteiger partial charge on any atom is 0.136 e. The molecule has 0 aliphatic carbocycles. The first kappa shape index (κ1) is 19.0. The van der Waals surface area contributed by atoms with Crippen LogP contribution in [0.4, 0.5) is 0 Å². The molecule has 0 aromatic heterocycles. The summed E-state index contributed by atoms with van der Waals surface area (Å²) < 4.78 is 0. The third kappa shape index (κ3) is 3.41. The molecule has 28 heavy (non-hydrogen) atoms. The number of rotatable bonds is 4. The summed E-state index contributed by atoms with van der Waals surface area (Å²) in [6.07, 6.45) is 4.67. The summed E-state index contributed by atoms with van der Waals surface area (Å²) in [6.45, 7) is 11.1. The Morgan fingerprint density at radius 3 is 2.36 bits per heavy atom. The van der Waals surface area contributed by atoms with Gasteiger partial charge in [-0.2, -0.15) is 0 Å². The molecule has 0 saturated carbocycles. The van der Waals surface area contributed by atoms with Gasteiger partial charge in [-0.3, -0.25) is 4.99 Å². The highest BCUT2D eigenvalue weighted by molar-refractivity contribution is 6.14. The van der Waals surface area contributed by atoms with Crippen LogP contribution in [0.1, 0.15) is 75.6 Å². The van der Waals surface area contributed by atoms with Crippen LogP contribution >= 0.6 is 0 Å². The summed E-state index contributed by atoms with van der Waals surface area (Å²) in [5, 5.41) is 0. The predicted octanol–water partition coefficient (Wildman–Crippen LogP) is 6.51. The van der Waals surface area contributed by atoms with Crippen molar-refractivity contribution in [3.63, 3.8) is 0 Å². The molecule has 0 N–H and O–H groups in total. The fraction of sp³-hybridized carbons (Fsp3) is 0.423. The van der Waals surface area contributed by atoms with E-state index in [1.54, 1.807) is 0 Å². The van der Waals surface area contributed by atoms with E-state index >= 15 is 0 Å². The number of nitrogens with zero attached hydrogens (tertiary/aromatic N) is 2. The summed E-state index contributed by atoms with van der Waals surface area (Å²) in [5.74, 6) is 1.16. The molecule has 2 heterocycles. The molecule has 0 saturated heterocycles. The molecule has 146 valence electrons. The molecule has 2 aromatic rings. The second-order valence-electron chi connectivity index (χ2n) is 9.01. The van der Waals surface area contributed by atoms with E-state index < -0.39 is 0 Å². The summed E-state index contributed by atoms with van der Waals surface area (Å²) >= 11 is 0. The van der Waals surface area contributed by atoms with Gasteiger partial charge in [-0.1, -0.05) is 82.6 Å². The SMILES string of the molecule is CCCCC1=C(c2ccc(C(C)(C)C)cc2)N2CCCN=C2c2ccccc21. The van der Waals surface area contributed by atoms with E-state index in [1.165, 1.54) is 46.4 Å². The topological polar surface area (TPSA) is 15.6 Å². The molecule has 2 aliphatic rings. The van der Waals surface area contributed by atoms with Crippen molar-refractivity contribution in [2.24, 2.45) is 4.99 Å². The molecule has 0 atom stereocenters. The lowest BCUT2D eigenvalue weighted by atomic mass is 9.84. The monoisotopic (exact) mass is 372 g/mol. The zero-order chi connectivity index (χ0) is 19.7. The maximum absolute atomic E-state index is 4.95. The molecule has 2 aliphatic heterocycles. The van der Waals surface area contributed by atoms with Gasteiger partial charge in [-0.25, -0.2) is 0 Å². The third-order valence-corrected chi connectivity index (χ3v) is 5.91. The van der Waals surface area contributed by atoms with E-state index in [0.717, 1.165) is 31.8 Å². The van der Waals surface area contributed by atoms with Crippen molar-refractivity contribution in [1.82, 2.24) is 4.90 Å². The van der Waals surface area contributed by atoms with Crippen molar-refractivity contribution < 1.29 is 0 Å². The van der Waals surface area contributed by atoms with Gasteiger partial charge in [0.2, 0.25) is 0 Å². The predicted molar refractivity (Wildman–Crippen MR) is 121 cm³/mol. The van der Waals surface area contributed by atoms with Gasteiger partial charge in [-0.05, 0) is 46.9 Å². The minimum Gasteiger partial charge on any atom is -0.325 e. The smallest absolute Gasteiger partial charge is 0.136 e. The van der Waals surface area contributed by atoms with Gasteiger partial charge in [0, 0.05) is 18.7 Å². The number of unbranched alkanes of at least 4 members (excludes halogenated alkanes) is 1. The van der Waals surface area contributed by atoms with Gasteiger partial charge in [0.25, 0.3) is 0 Å². The first-order valence-corrected chi connectivity index (χ1v) is 10.8. The van der Waals surface area contributed by atoms with Gasteiger partial charge in [-0.15, -0.1) is 0 Å². The van der Waals surface area contributed by atoms with Crippen molar-refractivity contribution >= 4 is 17.1 Å². The molecule has 0 fully saturated rings. The number of fused-ring (bicyclic) bond motifs is 3. The first-order chi connectivity index (χ1) is 13.5. The van der Waals surface area contributed by atoms with Crippen molar-refractivity contribution in [2.75, 3.05) is 13.1 Å². The number of hydrogen-bond acceptors (Lipinski definition) is 2. The van der Waals surface area contributed by atoms with Crippen LogP contribution in [0.15, 0.2) is 53.5 Å². The van der Waals surface area contributed by atoms with Crippen LogP contribution < -0.4 is 0 Å². The summed E-state index contributed by atoms with van der Waals surface area (Å²) in [6, 6.07) is 18.1. The third-order valence-electron chi connectivity index (χ3n) is 5.91. The van der Waals surface area contributed by atoms with Gasteiger partial charge in [0.05, 0.1) is 5.70 Å². The Morgan fingerprint density at radius 1 is 0.964 bits per heavy atom. The van der Waals surface area contributed by atoms with E-state index in [2.05, 4.69) is 81.1 Å². The van der Waals surface area contributed by atoms with E-state index in [-0.39, 0.29) is 5.41 Å². The minimum atomic E-state index is 0.175. The molecule has 0 unspecified atom stereocenters. The quantitative estimate of drug-likeness (QED) is 0.597. The summed E-state index contributed by atoms with van der Waals surface area (Å²) in [4.78, 5) is 7.44. The number of benzene rings is 2. The zero-order valence-corrected chi connectivity index (χ0v) is 17.8. The van der Waals surface area contributed by atoms with E-state index in [9.17, 15) is 0 Å². The van der Waals surface area contributed by atoms with Gasteiger partial charge in [0.1, 0.15) is 5.84 Å². The van der Waals surface area contributed by atoms with Crippen molar-refractivity contribution in [2.45, 2.75) is 58.8 Å². The molecule has 0 amide bonds. The minimum absolute atomic E-state index is 0.175. The molecule has 4 rings (SSSR count). The van der Waals surface area contributed by atoms with Crippen LogP contribution in [0, 0.1) is 0 Å². The largest absolute Gasteiger partial charge is 0.325 e. The van der Waals surface area contributed by atoms with E-state index in [4.69, 9.17) is 4.99 Å². The number of hydrogen-bond donors (Lipinski definition) is 0. The average molecular weight is 373 g/mol. The second-order valence-corrected chi connectivity index (χ2v) is 9.01. The van der Waals surface area contributed by atoms with Gasteiger partial charge < -0.3 is 4.90 Å². The standard InChI is InChI=1S/C26H32N2/c1-5-6-10-22-21-11-7-8-12-23(21)25-27-17-9-18-28(25)24(22)19-13-15-20(16-14-19)26(2,3)4/h7-8,11-16H,5-6,9-10,17-18H2,1-4H3. The number of aliphatic imine (C=N–C) groups is 1. The van der Waals surface area contributed by atoms with Gasteiger partial charge in [0.15, 0.2) is 0 Å². The van der Waals surface area contributed by atoms with Crippen LogP contribution in [-0.4, -0.2) is 23.8 Å². The Bertz CT molecular complexity index is 910. The molecule has 0 bridgehead atoms. The lowest BCUT2D eigenvalue weighted by Crippen LogP contribution is -2.38. The number of allylic oxidation sites excluding steroid dienone is 1. The van der Waals surface area contributed by atoms with Crippen LogP contribution in [0.5, 0.6) is 0 Å². The maximum atomic E-state index is 4.95. The highest BCUT2D eigenvalue weighted by Gasteiger charge is 2.31. The van der Waals surface area contributed by atoms with Crippen molar-refractivity contribution in [1.29, 1.82) is 0 Å². The van der Waals surface area contributed by atoms with E-state index in [1.807, 2.05) is 0 Å². The Balaban J connectivity index is 1.90. The highest BCUT2D eigenvalue weighted by Crippen LogP contribution is 2.41. The molecule has 2 heteroatoms. The Morgan fingerprint density at radius 2 is 1.68 bits per heavy atom. The fourth-order valence-electron chi connectivity index (χ4n) is 4.35. The normalized spacial score (nSPS) is 16.6. The highest BCUT2D eigenvalue weighted by atomic mass is 15.2. The van der Waals surface area contributed by atoms with Crippen LogP contribution in [0.2, 0.25) is 0 Å². The second kappa shape index (κ2) is 7.58. The van der Waals surface area contributed by atoms with Crippen LogP contribution in [-0.2, 0) is 5.41 Å². The number of amidine groups is 1. The lowest BCUT2D eigenvalue weighted by Gasteiger charge is -2.38. The van der Waals surface area contributed by atoms with Crippen molar-refractivity contribution in [3.8, 4) is 0 Å². The van der Waals surface area contributed by atoms with Gasteiger partial charge >= 0.3 is 0 Å². The molecular formula is C26H32N2. The molecule has 0 radical (unpaired) electrons. The molecule has 0 spiro atoms. The fourth-order valence-corrected chi connectivity index (χ4v) is 4.35. The Kier molecular flexibility index (Phi) is 5.14. The summed E-state index contributed by atoms with van der Waals surface area (Å²) in [5.41, 5.74) is 8.44. The van der Waals surface area contributed by atoms with Crippen LogP contribution in [0.3, 0.4) is 0 Å². The zero-order valence-electron chi connectivity index (χ0n) is 17.8. The Labute approximate surface area is 170 Å².